The highest BCUT2D eigenvalue weighted by atomic mass is 35.5. The van der Waals surface area contributed by atoms with Gasteiger partial charge in [0, 0.05) is 89.9 Å². The number of rotatable bonds is 7. The maximum atomic E-state index is 13.9. The van der Waals surface area contributed by atoms with Crippen molar-refractivity contribution in [3.63, 3.8) is 0 Å². The van der Waals surface area contributed by atoms with Crippen LogP contribution in [0.15, 0.2) is 68.8 Å². The molecule has 2 aliphatic heterocycles. The lowest BCUT2D eigenvalue weighted by Gasteiger charge is -2.40. The first-order chi connectivity index (χ1) is 21.6. The monoisotopic (exact) mass is 667 g/mol. The predicted molar refractivity (Wildman–Crippen MR) is 172 cm³/mol. The molecule has 1 amide bonds. The molecule has 3 aromatic heterocycles. The van der Waals surface area contributed by atoms with Crippen LogP contribution in [0.1, 0.15) is 26.8 Å². The van der Waals surface area contributed by atoms with Crippen LogP contribution < -0.4 is 10.4 Å². The van der Waals surface area contributed by atoms with Crippen LogP contribution in [0.3, 0.4) is 0 Å². The molecule has 1 saturated heterocycles. The molecule has 0 bridgehead atoms. The van der Waals surface area contributed by atoms with Gasteiger partial charge in [0.25, 0.3) is 15.9 Å². The zero-order valence-electron chi connectivity index (χ0n) is 24.4. The first kappa shape index (κ1) is 29.9. The summed E-state index contributed by atoms with van der Waals surface area (Å²) < 4.78 is 40.4. The van der Waals surface area contributed by atoms with Gasteiger partial charge in [0.05, 0.1) is 12.3 Å². The number of carbonyl (C=O) groups excluding carboxylic acids is 1. The summed E-state index contributed by atoms with van der Waals surface area (Å²) in [6.45, 7) is 2.28. The number of hydrogen-bond acceptors (Lipinski definition) is 9. The first-order valence-electron chi connectivity index (χ1n) is 14.6. The molecule has 5 aromatic rings. The summed E-state index contributed by atoms with van der Waals surface area (Å²) in [5.41, 5.74) is 1.58. The molecule has 234 valence electrons. The Kier molecular flexibility index (Phi) is 7.90. The lowest BCUT2D eigenvalue weighted by molar-refractivity contribution is 0.0526. The van der Waals surface area contributed by atoms with Gasteiger partial charge in [0.1, 0.15) is 16.4 Å². The van der Waals surface area contributed by atoms with E-state index in [9.17, 15) is 18.0 Å². The van der Waals surface area contributed by atoms with Gasteiger partial charge in [-0.3, -0.25) is 4.79 Å². The van der Waals surface area contributed by atoms with Gasteiger partial charge in [-0.1, -0.05) is 11.6 Å². The molecule has 1 N–H and O–H groups in total. The van der Waals surface area contributed by atoms with Crippen molar-refractivity contribution in [2.45, 2.75) is 30.5 Å². The second-order valence-electron chi connectivity index (χ2n) is 11.3. The average molecular weight is 668 g/mol. The van der Waals surface area contributed by atoms with Crippen LogP contribution in [0.5, 0.6) is 5.75 Å². The quantitative estimate of drug-likeness (QED) is 0.254. The molecular formula is C31H30ClN5O6S2. The highest BCUT2D eigenvalue weighted by Crippen LogP contribution is 2.30. The third kappa shape index (κ3) is 5.98. The molecule has 1 atom stereocenters. The fourth-order valence-corrected chi connectivity index (χ4v) is 8.70. The minimum atomic E-state index is -3.90. The van der Waals surface area contributed by atoms with Crippen molar-refractivity contribution in [3.05, 3.63) is 85.6 Å². The summed E-state index contributed by atoms with van der Waals surface area (Å²) >= 11 is 7.54. The lowest BCUT2D eigenvalue weighted by Crippen LogP contribution is -2.56. The zero-order chi connectivity index (χ0) is 31.3. The van der Waals surface area contributed by atoms with Gasteiger partial charge in [0.15, 0.2) is 5.01 Å². The van der Waals surface area contributed by atoms with E-state index in [2.05, 4.69) is 9.88 Å². The fourth-order valence-electron chi connectivity index (χ4n) is 5.90. The number of fused-ring (bicyclic) bond motifs is 3. The van der Waals surface area contributed by atoms with Crippen molar-refractivity contribution in [1.82, 2.24) is 24.1 Å². The third-order valence-electron chi connectivity index (χ3n) is 8.30. The highest BCUT2D eigenvalue weighted by molar-refractivity contribution is 7.89. The molecule has 0 spiro atoms. The number of nitrogens with one attached hydrogen (secondary N) is 1. The van der Waals surface area contributed by atoms with Crippen LogP contribution >= 0.6 is 22.9 Å². The predicted octanol–water partition coefficient (Wildman–Crippen LogP) is 4.36. The smallest absolute Gasteiger partial charge is 0.336 e. The van der Waals surface area contributed by atoms with E-state index in [1.165, 1.54) is 21.7 Å². The Bertz CT molecular complexity index is 2090. The van der Waals surface area contributed by atoms with Crippen molar-refractivity contribution >= 4 is 60.7 Å². The van der Waals surface area contributed by atoms with E-state index >= 15 is 0 Å². The van der Waals surface area contributed by atoms with E-state index in [4.69, 9.17) is 25.7 Å². The fraction of sp³-hybridized carbons (Fsp3) is 0.323. The van der Waals surface area contributed by atoms with Crippen LogP contribution in [0, 0.1) is 0 Å². The number of benzene rings is 2. The zero-order valence-corrected chi connectivity index (χ0v) is 26.8. The van der Waals surface area contributed by atoms with Gasteiger partial charge in [-0.25, -0.2) is 18.2 Å². The Morgan fingerprint density at radius 2 is 1.96 bits per heavy atom. The molecular weight excluding hydrogens is 638 g/mol. The standard InChI is InChI=1S/C31H30ClN5O6S2/c1-35-10-8-25-27(18-35)44-30(34-25)31(39)37-12-11-36(45(40,41)28-15-20-14-21(32)4-6-24(20)33-28)17-22(37)9-13-42-23-5-2-19-3-7-29(38)43-26(19)16-23/h2-7,14-16,22,33H,8-13,17-18H2,1H3. The van der Waals surface area contributed by atoms with Crippen LogP contribution in [-0.4, -0.2) is 84.3 Å². The number of ether oxygens (including phenoxy) is 1. The normalized spacial score (nSPS) is 18.0. The minimum Gasteiger partial charge on any atom is -0.493 e. The Morgan fingerprint density at radius 1 is 1.11 bits per heavy atom. The van der Waals surface area contributed by atoms with Crippen LogP contribution in [0.25, 0.3) is 21.9 Å². The maximum Gasteiger partial charge on any atom is 0.336 e. The molecule has 7 rings (SSSR count). The molecule has 14 heteroatoms. The third-order valence-corrected chi connectivity index (χ3v) is 11.4. The summed E-state index contributed by atoms with van der Waals surface area (Å²) in [5, 5.41) is 2.48. The lowest BCUT2D eigenvalue weighted by atomic mass is 10.1. The number of hydrogen-bond donors (Lipinski definition) is 1. The number of halogens is 1. The molecule has 0 saturated carbocycles. The van der Waals surface area contributed by atoms with E-state index < -0.39 is 21.7 Å². The number of H-pyrrole nitrogens is 1. The van der Waals surface area contributed by atoms with Crippen molar-refractivity contribution in [3.8, 4) is 5.75 Å². The number of piperazine rings is 1. The van der Waals surface area contributed by atoms with Gasteiger partial charge in [-0.2, -0.15) is 4.31 Å². The van der Waals surface area contributed by atoms with Crippen LogP contribution in [-0.2, 0) is 23.0 Å². The molecule has 11 nitrogen and oxygen atoms in total. The van der Waals surface area contributed by atoms with Crippen LogP contribution in [0.2, 0.25) is 5.02 Å². The van der Waals surface area contributed by atoms with Gasteiger partial charge in [-0.05, 0) is 49.5 Å². The first-order valence-corrected chi connectivity index (χ1v) is 17.2. The second-order valence-corrected chi connectivity index (χ2v) is 14.8. The minimum absolute atomic E-state index is 0.0731. The number of sulfonamides is 1. The Morgan fingerprint density at radius 3 is 2.82 bits per heavy atom. The molecule has 1 unspecified atom stereocenters. The number of nitrogens with zero attached hydrogens (tertiary/aromatic N) is 4. The highest BCUT2D eigenvalue weighted by Gasteiger charge is 2.38. The number of aromatic nitrogens is 2. The topological polar surface area (TPSA) is 129 Å². The van der Waals surface area contributed by atoms with Crippen molar-refractivity contribution in [2.75, 3.05) is 39.8 Å². The van der Waals surface area contributed by atoms with Crippen molar-refractivity contribution in [2.24, 2.45) is 0 Å². The Hall–Kier alpha value is -3.75. The number of likely N-dealkylation sites (N-methyl/N-ethyl adjacent to an activating group) is 1. The van der Waals surface area contributed by atoms with Gasteiger partial charge in [-0.15, -0.1) is 11.3 Å². The number of thiazole rings is 1. The largest absolute Gasteiger partial charge is 0.493 e. The number of aromatic amines is 1. The molecule has 0 aliphatic carbocycles. The summed E-state index contributed by atoms with van der Waals surface area (Å²) in [6.07, 6.45) is 1.16. The van der Waals surface area contributed by atoms with Crippen LogP contribution in [0.4, 0.5) is 0 Å². The van der Waals surface area contributed by atoms with E-state index in [0.29, 0.717) is 38.7 Å². The molecule has 0 radical (unpaired) electrons. The van der Waals surface area contributed by atoms with E-state index in [1.54, 1.807) is 53.4 Å². The van der Waals surface area contributed by atoms with Crippen molar-refractivity contribution < 1.29 is 22.4 Å². The molecule has 2 aromatic carbocycles. The second kappa shape index (κ2) is 11.9. The Balaban J connectivity index is 1.13. The van der Waals surface area contributed by atoms with E-state index in [-0.39, 0.29) is 37.2 Å². The van der Waals surface area contributed by atoms with Gasteiger partial charge < -0.3 is 23.9 Å². The maximum absolute atomic E-state index is 13.9. The SMILES string of the molecule is CN1CCc2nc(C(=O)N3CCN(S(=O)(=O)c4cc5cc(Cl)ccc5[nH]4)CC3CCOc3ccc4ccc(=O)oc4c3)sc2C1. The van der Waals surface area contributed by atoms with Gasteiger partial charge >= 0.3 is 5.63 Å². The van der Waals surface area contributed by atoms with Crippen molar-refractivity contribution in [1.29, 1.82) is 0 Å². The summed E-state index contributed by atoms with van der Waals surface area (Å²) in [5.74, 6) is 0.301. The molecule has 1 fully saturated rings. The Labute approximate surface area is 268 Å². The average Bonchev–Trinajstić information content (AvgIpc) is 3.65. The molecule has 5 heterocycles. The summed E-state index contributed by atoms with van der Waals surface area (Å²) in [7, 11) is -1.86. The number of amides is 1. The molecule has 45 heavy (non-hydrogen) atoms. The molecule has 2 aliphatic rings. The van der Waals surface area contributed by atoms with E-state index in [0.717, 1.165) is 35.5 Å². The summed E-state index contributed by atoms with van der Waals surface area (Å²) in [6, 6.07) is 14.6. The van der Waals surface area contributed by atoms with Gasteiger partial charge in [0.2, 0.25) is 0 Å². The number of carbonyl (C=O) groups is 1. The van der Waals surface area contributed by atoms with E-state index in [1.807, 2.05) is 7.05 Å². The summed E-state index contributed by atoms with van der Waals surface area (Å²) in [4.78, 5) is 38.3.